The number of fused-ring (bicyclic) bond motifs is 2. The zero-order valence-electron chi connectivity index (χ0n) is 11.3. The van der Waals surface area contributed by atoms with Crippen molar-refractivity contribution in [1.29, 1.82) is 0 Å². The Morgan fingerprint density at radius 1 is 1.05 bits per heavy atom. The molecule has 0 saturated carbocycles. The molecule has 2 aromatic carbocycles. The van der Waals surface area contributed by atoms with E-state index >= 15 is 0 Å². The van der Waals surface area contributed by atoms with Gasteiger partial charge >= 0.3 is 7.82 Å². The van der Waals surface area contributed by atoms with Crippen LogP contribution < -0.4 is 10.2 Å². The molecule has 0 aromatic heterocycles. The summed E-state index contributed by atoms with van der Waals surface area (Å²) in [5, 5.41) is 2.78. The van der Waals surface area contributed by atoms with E-state index in [2.05, 4.69) is 9.84 Å². The van der Waals surface area contributed by atoms with E-state index in [1.807, 2.05) is 0 Å². The third-order valence-electron chi connectivity index (χ3n) is 3.24. The normalized spacial score (nSPS) is 13.9. The number of anilines is 3. The minimum Gasteiger partial charge on any atom is -0.320 e. The van der Waals surface area contributed by atoms with E-state index in [1.54, 1.807) is 53.4 Å². The molecule has 0 fully saturated rings. The Morgan fingerprint density at radius 3 is 2.41 bits per heavy atom. The second kappa shape index (κ2) is 5.55. The maximum absolute atomic E-state index is 12.3. The number of nitrogens with zero attached hydrogens (tertiary/aromatic N) is 1. The molecule has 0 atom stereocenters. The number of para-hydroxylation sites is 3. The lowest BCUT2D eigenvalue weighted by Gasteiger charge is -2.25. The lowest BCUT2D eigenvalue weighted by Crippen LogP contribution is -2.20. The summed E-state index contributed by atoms with van der Waals surface area (Å²) in [7, 11) is -4.63. The van der Waals surface area contributed by atoms with E-state index in [4.69, 9.17) is 9.79 Å². The maximum Gasteiger partial charge on any atom is 0.471 e. The van der Waals surface area contributed by atoms with E-state index < -0.39 is 7.82 Å². The smallest absolute Gasteiger partial charge is 0.320 e. The number of rotatable bonds is 3. The van der Waals surface area contributed by atoms with Crippen LogP contribution in [-0.2, 0) is 9.09 Å². The molecule has 22 heavy (non-hydrogen) atoms. The summed E-state index contributed by atoms with van der Waals surface area (Å²) in [5.41, 5.74) is 2.04. The van der Waals surface area contributed by atoms with Crippen LogP contribution in [0.1, 0.15) is 10.4 Å². The Balaban J connectivity index is 2.11. The summed E-state index contributed by atoms with van der Waals surface area (Å²) in [6.45, 7) is -0.382. The highest BCUT2D eigenvalue weighted by atomic mass is 31.2. The van der Waals surface area contributed by atoms with Crippen LogP contribution in [0.2, 0.25) is 0 Å². The molecule has 0 unspecified atom stereocenters. The summed E-state index contributed by atoms with van der Waals surface area (Å²) in [6, 6.07) is 13.8. The molecule has 114 valence electrons. The number of phosphoric ester groups is 1. The quantitative estimate of drug-likeness (QED) is 0.751. The van der Waals surface area contributed by atoms with Gasteiger partial charge in [0.15, 0.2) is 0 Å². The van der Waals surface area contributed by atoms with Gasteiger partial charge in [-0.15, -0.1) is 0 Å². The summed E-state index contributed by atoms with van der Waals surface area (Å²) in [5.74, 6) is -0.290. The van der Waals surface area contributed by atoms with Gasteiger partial charge in [0.1, 0.15) is 6.73 Å². The van der Waals surface area contributed by atoms with Crippen molar-refractivity contribution < 1.29 is 23.7 Å². The molecular weight excluding hydrogens is 307 g/mol. The number of benzene rings is 2. The molecule has 0 spiro atoms. The Morgan fingerprint density at radius 2 is 1.68 bits per heavy atom. The zero-order chi connectivity index (χ0) is 15.7. The van der Waals surface area contributed by atoms with E-state index in [1.165, 1.54) is 0 Å². The van der Waals surface area contributed by atoms with Gasteiger partial charge in [0.25, 0.3) is 5.91 Å². The molecular formula is C14H13N2O5P. The van der Waals surface area contributed by atoms with E-state index in [9.17, 15) is 9.36 Å². The highest BCUT2D eigenvalue weighted by molar-refractivity contribution is 7.46. The summed E-state index contributed by atoms with van der Waals surface area (Å²) in [6.07, 6.45) is 0. The first-order chi connectivity index (χ1) is 10.5. The van der Waals surface area contributed by atoms with Gasteiger partial charge in [-0.3, -0.25) is 9.32 Å². The fourth-order valence-electron chi connectivity index (χ4n) is 2.31. The van der Waals surface area contributed by atoms with Crippen LogP contribution in [0.4, 0.5) is 17.1 Å². The van der Waals surface area contributed by atoms with Crippen molar-refractivity contribution in [2.75, 3.05) is 16.9 Å². The Hall–Kier alpha value is -2.18. The highest BCUT2D eigenvalue weighted by Crippen LogP contribution is 2.41. The van der Waals surface area contributed by atoms with Crippen LogP contribution in [0.3, 0.4) is 0 Å². The predicted octanol–water partition coefficient (Wildman–Crippen LogP) is 2.46. The van der Waals surface area contributed by atoms with Crippen LogP contribution in [0.15, 0.2) is 48.5 Å². The Kier molecular flexibility index (Phi) is 3.72. The van der Waals surface area contributed by atoms with Crippen LogP contribution in [0.25, 0.3) is 0 Å². The van der Waals surface area contributed by atoms with Gasteiger partial charge in [-0.2, -0.15) is 0 Å². The maximum atomic E-state index is 12.3. The molecule has 3 N–H and O–H groups in total. The molecule has 2 aromatic rings. The topological polar surface area (TPSA) is 99.1 Å². The SMILES string of the molecule is O=C1Nc2ccccc2N(COP(=O)(O)O)c2ccccc21. The predicted molar refractivity (Wildman–Crippen MR) is 81.0 cm³/mol. The lowest BCUT2D eigenvalue weighted by atomic mass is 10.1. The molecule has 1 amide bonds. The molecule has 0 bridgehead atoms. The van der Waals surface area contributed by atoms with E-state index in [0.717, 1.165) is 0 Å². The summed E-state index contributed by atoms with van der Waals surface area (Å²) in [4.78, 5) is 31.7. The number of phosphoric acid groups is 1. The standard InChI is InChI=1S/C14H13N2O5P/c17-14-10-5-1-3-7-12(10)16(9-21-22(18,19)20)13-8-4-2-6-11(13)15-14/h1-8H,9H2,(H,15,17)(H2,18,19,20). The Bertz CT molecular complexity index is 773. The first-order valence-electron chi connectivity index (χ1n) is 6.43. The van der Waals surface area contributed by atoms with E-state index in [-0.39, 0.29) is 12.6 Å². The third kappa shape index (κ3) is 2.88. The van der Waals surface area contributed by atoms with Gasteiger partial charge in [-0.25, -0.2) is 4.57 Å². The number of hydrogen-bond donors (Lipinski definition) is 3. The molecule has 8 heteroatoms. The second-order valence-electron chi connectivity index (χ2n) is 4.67. The lowest BCUT2D eigenvalue weighted by molar-refractivity contribution is 0.102. The van der Waals surface area contributed by atoms with E-state index in [0.29, 0.717) is 22.6 Å². The van der Waals surface area contributed by atoms with Gasteiger partial charge in [0.2, 0.25) is 0 Å². The zero-order valence-corrected chi connectivity index (χ0v) is 12.2. The fourth-order valence-corrected chi connectivity index (χ4v) is 2.57. The average molecular weight is 320 g/mol. The third-order valence-corrected chi connectivity index (χ3v) is 3.69. The number of carbonyl (C=O) groups is 1. The van der Waals surface area contributed by atoms with Crippen molar-refractivity contribution in [2.45, 2.75) is 0 Å². The van der Waals surface area contributed by atoms with Crippen molar-refractivity contribution >= 4 is 30.8 Å². The molecule has 0 aliphatic carbocycles. The monoisotopic (exact) mass is 320 g/mol. The van der Waals surface area contributed by atoms with Crippen LogP contribution in [0, 0.1) is 0 Å². The van der Waals surface area contributed by atoms with Gasteiger partial charge in [-0.1, -0.05) is 24.3 Å². The number of carbonyl (C=O) groups excluding carboxylic acids is 1. The van der Waals surface area contributed by atoms with Gasteiger partial charge in [0.05, 0.1) is 22.6 Å². The molecule has 0 radical (unpaired) electrons. The first-order valence-corrected chi connectivity index (χ1v) is 7.96. The highest BCUT2D eigenvalue weighted by Gasteiger charge is 2.26. The van der Waals surface area contributed by atoms with Crippen LogP contribution in [0.5, 0.6) is 0 Å². The first kappa shape index (κ1) is 14.7. The minimum absolute atomic E-state index is 0.290. The van der Waals surface area contributed by atoms with Crippen molar-refractivity contribution in [2.24, 2.45) is 0 Å². The molecule has 7 nitrogen and oxygen atoms in total. The largest absolute Gasteiger partial charge is 0.471 e. The second-order valence-corrected chi connectivity index (χ2v) is 5.90. The molecule has 1 aliphatic heterocycles. The molecule has 1 heterocycles. The van der Waals surface area contributed by atoms with Gasteiger partial charge < -0.3 is 20.0 Å². The van der Waals surface area contributed by atoms with Crippen LogP contribution in [-0.4, -0.2) is 22.4 Å². The van der Waals surface area contributed by atoms with Crippen molar-refractivity contribution in [3.63, 3.8) is 0 Å². The van der Waals surface area contributed by atoms with Gasteiger partial charge in [0, 0.05) is 0 Å². The summed E-state index contributed by atoms with van der Waals surface area (Å²) < 4.78 is 15.6. The number of amides is 1. The molecule has 3 rings (SSSR count). The summed E-state index contributed by atoms with van der Waals surface area (Å²) >= 11 is 0. The van der Waals surface area contributed by atoms with Gasteiger partial charge in [-0.05, 0) is 24.3 Å². The molecule has 0 saturated heterocycles. The van der Waals surface area contributed by atoms with Crippen molar-refractivity contribution in [3.8, 4) is 0 Å². The fraction of sp³-hybridized carbons (Fsp3) is 0.0714. The van der Waals surface area contributed by atoms with Crippen molar-refractivity contribution in [3.05, 3.63) is 54.1 Å². The minimum atomic E-state index is -4.63. The van der Waals surface area contributed by atoms with Crippen LogP contribution >= 0.6 is 7.82 Å². The Labute approximate surface area is 126 Å². The number of hydrogen-bond acceptors (Lipinski definition) is 4. The molecule has 1 aliphatic rings. The average Bonchev–Trinajstić information content (AvgIpc) is 2.59. The van der Waals surface area contributed by atoms with Crippen molar-refractivity contribution in [1.82, 2.24) is 0 Å². The number of nitrogens with one attached hydrogen (secondary N) is 1.